The fourth-order valence-corrected chi connectivity index (χ4v) is 4.46. The molecule has 1 atom stereocenters. The number of amides is 1. The molecule has 0 fully saturated rings. The number of fused-ring (bicyclic) bond motifs is 1. The number of rotatable bonds is 7. The van der Waals surface area contributed by atoms with Gasteiger partial charge in [-0.1, -0.05) is 54.6 Å². The van der Waals surface area contributed by atoms with E-state index in [-0.39, 0.29) is 17.3 Å². The number of nitrogen functional groups attached to an aromatic ring is 1. The molecule has 7 nitrogen and oxygen atoms in total. The van der Waals surface area contributed by atoms with Gasteiger partial charge in [0, 0.05) is 23.7 Å². The van der Waals surface area contributed by atoms with Crippen LogP contribution < -0.4 is 15.8 Å². The minimum absolute atomic E-state index is 0.00967. The molecule has 0 aliphatic rings. The number of benzene rings is 3. The molecular formula is C24H22N4O3S. The average molecular weight is 447 g/mol. The van der Waals surface area contributed by atoms with E-state index in [1.54, 1.807) is 42.6 Å². The summed E-state index contributed by atoms with van der Waals surface area (Å²) in [5.74, 6) is -0.00436. The first-order valence-electron chi connectivity index (χ1n) is 9.99. The van der Waals surface area contributed by atoms with Crippen LogP contribution in [0, 0.1) is 0 Å². The molecule has 162 valence electrons. The second kappa shape index (κ2) is 9.17. The molecule has 0 radical (unpaired) electrons. The van der Waals surface area contributed by atoms with Gasteiger partial charge in [0.2, 0.25) is 10.0 Å². The number of nitrogens with two attached hydrogens (primary N) is 1. The number of nitrogens with one attached hydrogen (secondary N) is 2. The molecule has 32 heavy (non-hydrogen) atoms. The number of hydrogen-bond donors (Lipinski definition) is 3. The molecule has 4 rings (SSSR count). The van der Waals surface area contributed by atoms with Gasteiger partial charge in [-0.25, -0.2) is 18.1 Å². The fourth-order valence-electron chi connectivity index (χ4n) is 3.39. The van der Waals surface area contributed by atoms with Crippen molar-refractivity contribution in [3.05, 3.63) is 102 Å². The van der Waals surface area contributed by atoms with Crippen LogP contribution in [0.5, 0.6) is 0 Å². The van der Waals surface area contributed by atoms with Crippen LogP contribution in [0.4, 0.5) is 5.82 Å². The number of carbonyl (C=O) groups excluding carboxylic acids is 1. The van der Waals surface area contributed by atoms with Gasteiger partial charge in [-0.2, -0.15) is 0 Å². The third kappa shape index (κ3) is 4.77. The van der Waals surface area contributed by atoms with Crippen LogP contribution in [-0.2, 0) is 10.0 Å². The fraction of sp³-hybridized carbons (Fsp3) is 0.0833. The highest BCUT2D eigenvalue weighted by Gasteiger charge is 2.20. The molecule has 0 saturated carbocycles. The van der Waals surface area contributed by atoms with Gasteiger partial charge < -0.3 is 11.1 Å². The van der Waals surface area contributed by atoms with Gasteiger partial charge in [-0.05, 0) is 41.3 Å². The molecule has 3 aromatic carbocycles. The first kappa shape index (κ1) is 21.5. The van der Waals surface area contributed by atoms with E-state index in [9.17, 15) is 13.2 Å². The van der Waals surface area contributed by atoms with Crippen molar-refractivity contribution >= 4 is 32.5 Å². The van der Waals surface area contributed by atoms with Gasteiger partial charge in [-0.3, -0.25) is 4.79 Å². The van der Waals surface area contributed by atoms with Crippen molar-refractivity contribution in [2.24, 2.45) is 0 Å². The Hall–Kier alpha value is -3.75. The van der Waals surface area contributed by atoms with Crippen molar-refractivity contribution in [1.29, 1.82) is 0 Å². The summed E-state index contributed by atoms with van der Waals surface area (Å²) in [5, 5.41) is 4.49. The zero-order valence-electron chi connectivity index (χ0n) is 17.1. The summed E-state index contributed by atoms with van der Waals surface area (Å²) in [6.07, 6.45) is 1.61. The Labute approximate surface area is 186 Å². The van der Waals surface area contributed by atoms with Crippen LogP contribution in [0.1, 0.15) is 22.0 Å². The average Bonchev–Trinajstić information content (AvgIpc) is 2.83. The van der Waals surface area contributed by atoms with E-state index in [0.29, 0.717) is 16.8 Å². The first-order chi connectivity index (χ1) is 15.4. The van der Waals surface area contributed by atoms with Crippen molar-refractivity contribution in [1.82, 2.24) is 15.0 Å². The van der Waals surface area contributed by atoms with E-state index in [1.807, 2.05) is 36.4 Å². The van der Waals surface area contributed by atoms with Crippen LogP contribution in [0.2, 0.25) is 0 Å². The Morgan fingerprint density at radius 2 is 1.62 bits per heavy atom. The highest BCUT2D eigenvalue weighted by atomic mass is 32.2. The van der Waals surface area contributed by atoms with Gasteiger partial charge in [0.05, 0.1) is 10.9 Å². The lowest BCUT2D eigenvalue weighted by Crippen LogP contribution is -2.37. The van der Waals surface area contributed by atoms with E-state index in [1.165, 1.54) is 12.1 Å². The Kier molecular flexibility index (Phi) is 6.16. The minimum atomic E-state index is -3.72. The summed E-state index contributed by atoms with van der Waals surface area (Å²) in [7, 11) is -3.72. The largest absolute Gasteiger partial charge is 0.383 e. The summed E-state index contributed by atoms with van der Waals surface area (Å²) < 4.78 is 27.9. The lowest BCUT2D eigenvalue weighted by atomic mass is 10.0. The second-order valence-electron chi connectivity index (χ2n) is 7.23. The van der Waals surface area contributed by atoms with Crippen molar-refractivity contribution < 1.29 is 13.2 Å². The second-order valence-corrected chi connectivity index (χ2v) is 9.00. The van der Waals surface area contributed by atoms with Gasteiger partial charge in [-0.15, -0.1) is 0 Å². The highest BCUT2D eigenvalue weighted by molar-refractivity contribution is 7.89. The first-order valence-corrected chi connectivity index (χ1v) is 11.5. The topological polar surface area (TPSA) is 114 Å². The standard InChI is InChI=1S/C24H22N4O3S/c25-23-21-15-19(12-11-17(21)13-14-26-23)24(29)28-22(18-7-3-1-4-8-18)16-27-32(30,31)20-9-5-2-6-10-20/h1-15,22,27H,16H2,(H2,25,26)(H,28,29)/t22-/m0/s1. The predicted molar refractivity (Wildman–Crippen MR) is 124 cm³/mol. The van der Waals surface area contributed by atoms with E-state index < -0.39 is 16.1 Å². The van der Waals surface area contributed by atoms with Crippen LogP contribution in [0.3, 0.4) is 0 Å². The van der Waals surface area contributed by atoms with Crippen molar-refractivity contribution in [2.45, 2.75) is 10.9 Å². The van der Waals surface area contributed by atoms with E-state index in [4.69, 9.17) is 5.73 Å². The van der Waals surface area contributed by atoms with Crippen LogP contribution in [-0.4, -0.2) is 25.9 Å². The molecule has 0 spiro atoms. The lowest BCUT2D eigenvalue weighted by molar-refractivity contribution is 0.0937. The monoisotopic (exact) mass is 446 g/mol. The third-order valence-corrected chi connectivity index (χ3v) is 6.54. The van der Waals surface area contributed by atoms with Crippen LogP contribution in [0.15, 0.2) is 96.0 Å². The summed E-state index contributed by atoms with van der Waals surface area (Å²) in [5.41, 5.74) is 7.13. The van der Waals surface area contributed by atoms with Crippen molar-refractivity contribution in [3.63, 3.8) is 0 Å². The Morgan fingerprint density at radius 1 is 0.938 bits per heavy atom. The Morgan fingerprint density at radius 3 is 2.34 bits per heavy atom. The third-order valence-electron chi connectivity index (χ3n) is 5.10. The lowest BCUT2D eigenvalue weighted by Gasteiger charge is -2.20. The number of aromatic nitrogens is 1. The molecule has 1 aromatic heterocycles. The van der Waals surface area contributed by atoms with Crippen LogP contribution in [0.25, 0.3) is 10.8 Å². The number of nitrogens with zero attached hydrogens (tertiary/aromatic N) is 1. The zero-order chi connectivity index (χ0) is 22.6. The summed E-state index contributed by atoms with van der Waals surface area (Å²) in [4.78, 5) is 17.3. The summed E-state index contributed by atoms with van der Waals surface area (Å²) in [6, 6.07) is 23.7. The minimum Gasteiger partial charge on any atom is -0.383 e. The molecular weight excluding hydrogens is 424 g/mol. The Bertz CT molecular complexity index is 1340. The maximum atomic E-state index is 13.0. The number of pyridine rings is 1. The normalized spacial score (nSPS) is 12.4. The Balaban J connectivity index is 1.57. The molecule has 4 N–H and O–H groups in total. The summed E-state index contributed by atoms with van der Waals surface area (Å²) >= 11 is 0. The quantitative estimate of drug-likeness (QED) is 0.403. The maximum Gasteiger partial charge on any atom is 0.251 e. The molecule has 8 heteroatoms. The van der Waals surface area contributed by atoms with Crippen molar-refractivity contribution in [2.75, 3.05) is 12.3 Å². The van der Waals surface area contributed by atoms with Crippen molar-refractivity contribution in [3.8, 4) is 0 Å². The highest BCUT2D eigenvalue weighted by Crippen LogP contribution is 2.21. The molecule has 4 aromatic rings. The molecule has 0 bridgehead atoms. The number of carbonyl (C=O) groups is 1. The number of hydrogen-bond acceptors (Lipinski definition) is 5. The molecule has 0 aliphatic carbocycles. The number of sulfonamides is 1. The van der Waals surface area contributed by atoms with Gasteiger partial charge in [0.25, 0.3) is 5.91 Å². The summed E-state index contributed by atoms with van der Waals surface area (Å²) in [6.45, 7) is -0.00967. The molecule has 1 amide bonds. The maximum absolute atomic E-state index is 13.0. The molecule has 1 heterocycles. The SMILES string of the molecule is Nc1nccc2ccc(C(=O)N[C@@H](CNS(=O)(=O)c3ccccc3)c3ccccc3)cc12. The molecule has 0 aliphatic heterocycles. The van der Waals surface area contributed by atoms with E-state index in [2.05, 4.69) is 15.0 Å². The molecule has 0 saturated heterocycles. The zero-order valence-corrected chi connectivity index (χ0v) is 17.9. The predicted octanol–water partition coefficient (Wildman–Crippen LogP) is 3.27. The number of anilines is 1. The molecule has 0 unspecified atom stereocenters. The smallest absolute Gasteiger partial charge is 0.251 e. The van der Waals surface area contributed by atoms with E-state index >= 15 is 0 Å². The van der Waals surface area contributed by atoms with Gasteiger partial charge >= 0.3 is 0 Å². The van der Waals surface area contributed by atoms with Crippen LogP contribution >= 0.6 is 0 Å². The van der Waals surface area contributed by atoms with Gasteiger partial charge in [0.1, 0.15) is 5.82 Å². The van der Waals surface area contributed by atoms with Gasteiger partial charge in [0.15, 0.2) is 0 Å². The van der Waals surface area contributed by atoms with E-state index in [0.717, 1.165) is 10.9 Å².